The largest absolute Gasteiger partial charge is 0.389 e. The third-order valence-corrected chi connectivity index (χ3v) is 5.40. The summed E-state index contributed by atoms with van der Waals surface area (Å²) in [4.78, 5) is 0. The van der Waals surface area contributed by atoms with Gasteiger partial charge in [0, 0.05) is 11.0 Å². The van der Waals surface area contributed by atoms with E-state index in [0.29, 0.717) is 0 Å². The van der Waals surface area contributed by atoms with E-state index in [1.165, 1.54) is 25.7 Å². The lowest BCUT2D eigenvalue weighted by Crippen LogP contribution is -2.31. The van der Waals surface area contributed by atoms with Crippen LogP contribution in [-0.4, -0.2) is 21.7 Å². The number of rotatable bonds is 5. The maximum atomic E-state index is 10.2. The Balaban J connectivity index is 2.29. The van der Waals surface area contributed by atoms with E-state index < -0.39 is 5.60 Å². The average molecular weight is 230 g/mol. The van der Waals surface area contributed by atoms with E-state index in [0.717, 1.165) is 29.8 Å². The van der Waals surface area contributed by atoms with Crippen LogP contribution in [-0.2, 0) is 0 Å². The summed E-state index contributed by atoms with van der Waals surface area (Å²) < 4.78 is 0. The summed E-state index contributed by atoms with van der Waals surface area (Å²) in [6.07, 6.45) is 7.28. The number of hydrogen-bond acceptors (Lipinski definition) is 2. The standard InChI is InChI=1S/C13H26OS/c1-4-13(14,5-2)10-15-12-8-6-7-11(3)9-12/h11-12,14H,4-10H2,1-3H3. The Morgan fingerprint density at radius 2 is 1.93 bits per heavy atom. The lowest BCUT2D eigenvalue weighted by Gasteiger charge is -2.30. The van der Waals surface area contributed by atoms with E-state index in [1.807, 2.05) is 11.8 Å². The van der Waals surface area contributed by atoms with E-state index in [9.17, 15) is 5.11 Å². The molecule has 0 aliphatic heterocycles. The van der Waals surface area contributed by atoms with Crippen molar-refractivity contribution in [1.82, 2.24) is 0 Å². The molecule has 2 atom stereocenters. The van der Waals surface area contributed by atoms with Crippen LogP contribution in [0.4, 0.5) is 0 Å². The highest BCUT2D eigenvalue weighted by atomic mass is 32.2. The molecule has 1 aliphatic carbocycles. The van der Waals surface area contributed by atoms with Crippen molar-refractivity contribution in [1.29, 1.82) is 0 Å². The topological polar surface area (TPSA) is 20.2 Å². The lowest BCUT2D eigenvalue weighted by molar-refractivity contribution is 0.0570. The Morgan fingerprint density at radius 3 is 2.47 bits per heavy atom. The fourth-order valence-corrected chi connectivity index (χ4v) is 4.01. The van der Waals surface area contributed by atoms with Crippen LogP contribution >= 0.6 is 11.8 Å². The van der Waals surface area contributed by atoms with Crippen molar-refractivity contribution >= 4 is 11.8 Å². The molecule has 90 valence electrons. The van der Waals surface area contributed by atoms with Gasteiger partial charge < -0.3 is 5.11 Å². The molecule has 0 spiro atoms. The monoisotopic (exact) mass is 230 g/mol. The quantitative estimate of drug-likeness (QED) is 0.774. The number of aliphatic hydroxyl groups is 1. The van der Waals surface area contributed by atoms with Crippen molar-refractivity contribution in [3.8, 4) is 0 Å². The van der Waals surface area contributed by atoms with E-state index in [-0.39, 0.29) is 0 Å². The van der Waals surface area contributed by atoms with Crippen molar-refractivity contribution in [2.75, 3.05) is 5.75 Å². The SMILES string of the molecule is CCC(O)(CC)CSC1CCCC(C)C1. The summed E-state index contributed by atoms with van der Waals surface area (Å²) in [5.74, 6) is 1.82. The van der Waals surface area contributed by atoms with E-state index in [4.69, 9.17) is 0 Å². The molecule has 0 bridgehead atoms. The number of thioether (sulfide) groups is 1. The molecule has 0 radical (unpaired) electrons. The molecule has 2 unspecified atom stereocenters. The highest BCUT2D eigenvalue weighted by molar-refractivity contribution is 7.99. The summed E-state index contributed by atoms with van der Waals surface area (Å²) in [6, 6.07) is 0. The van der Waals surface area contributed by atoms with E-state index in [1.54, 1.807) is 0 Å². The van der Waals surface area contributed by atoms with Gasteiger partial charge in [-0.05, 0) is 31.6 Å². The van der Waals surface area contributed by atoms with Gasteiger partial charge in [-0.2, -0.15) is 11.8 Å². The summed E-state index contributed by atoms with van der Waals surface area (Å²) in [5.41, 5.74) is -0.411. The molecule has 1 rings (SSSR count). The minimum Gasteiger partial charge on any atom is -0.389 e. The van der Waals surface area contributed by atoms with Crippen molar-refractivity contribution in [2.24, 2.45) is 5.92 Å². The molecule has 0 aromatic heterocycles. The van der Waals surface area contributed by atoms with Gasteiger partial charge in [0.2, 0.25) is 0 Å². The fourth-order valence-electron chi connectivity index (χ4n) is 2.26. The van der Waals surface area contributed by atoms with Gasteiger partial charge in [-0.25, -0.2) is 0 Å². The van der Waals surface area contributed by atoms with Crippen molar-refractivity contribution < 1.29 is 5.11 Å². The zero-order chi connectivity index (χ0) is 11.3. The molecule has 1 N–H and O–H groups in total. The van der Waals surface area contributed by atoms with Crippen molar-refractivity contribution in [3.05, 3.63) is 0 Å². The first-order valence-corrected chi connectivity index (χ1v) is 7.48. The van der Waals surface area contributed by atoms with E-state index >= 15 is 0 Å². The van der Waals surface area contributed by atoms with Gasteiger partial charge in [0.1, 0.15) is 0 Å². The smallest absolute Gasteiger partial charge is 0.0732 e. The van der Waals surface area contributed by atoms with E-state index in [2.05, 4.69) is 20.8 Å². The first kappa shape index (κ1) is 13.4. The molecular weight excluding hydrogens is 204 g/mol. The normalized spacial score (nSPS) is 28.0. The summed E-state index contributed by atoms with van der Waals surface area (Å²) in [7, 11) is 0. The summed E-state index contributed by atoms with van der Waals surface area (Å²) >= 11 is 2.01. The fraction of sp³-hybridized carbons (Fsp3) is 1.00. The van der Waals surface area contributed by atoms with Gasteiger partial charge in [-0.1, -0.05) is 33.6 Å². The molecule has 1 saturated carbocycles. The molecule has 1 aliphatic rings. The highest BCUT2D eigenvalue weighted by Gasteiger charge is 2.26. The second kappa shape index (κ2) is 6.15. The third kappa shape index (κ3) is 4.36. The molecule has 0 aromatic rings. The molecule has 0 heterocycles. The first-order chi connectivity index (χ1) is 7.09. The number of hydrogen-bond donors (Lipinski definition) is 1. The Bertz CT molecular complexity index is 177. The Hall–Kier alpha value is 0.310. The predicted molar refractivity (Wildman–Crippen MR) is 69.4 cm³/mol. The summed E-state index contributed by atoms with van der Waals surface area (Å²) in [5, 5.41) is 11.0. The molecule has 0 saturated heterocycles. The van der Waals surface area contributed by atoms with Crippen LogP contribution < -0.4 is 0 Å². The second-order valence-electron chi connectivity index (χ2n) is 5.14. The molecular formula is C13H26OS. The van der Waals surface area contributed by atoms with Crippen LogP contribution in [0.2, 0.25) is 0 Å². The first-order valence-electron chi connectivity index (χ1n) is 6.43. The lowest BCUT2D eigenvalue weighted by atomic mass is 9.90. The maximum Gasteiger partial charge on any atom is 0.0732 e. The third-order valence-electron chi connectivity index (χ3n) is 3.79. The minimum atomic E-state index is -0.411. The minimum absolute atomic E-state index is 0.411. The zero-order valence-electron chi connectivity index (χ0n) is 10.5. The molecule has 0 amide bonds. The van der Waals surface area contributed by atoms with Gasteiger partial charge >= 0.3 is 0 Å². The van der Waals surface area contributed by atoms with Crippen LogP contribution in [0.5, 0.6) is 0 Å². The van der Waals surface area contributed by atoms with Gasteiger partial charge in [0.25, 0.3) is 0 Å². The molecule has 1 fully saturated rings. The molecule has 2 heteroatoms. The van der Waals surface area contributed by atoms with Crippen LogP contribution in [0.3, 0.4) is 0 Å². The second-order valence-corrected chi connectivity index (χ2v) is 6.42. The maximum absolute atomic E-state index is 10.2. The van der Waals surface area contributed by atoms with Crippen molar-refractivity contribution in [2.45, 2.75) is 70.1 Å². The van der Waals surface area contributed by atoms with Crippen LogP contribution in [0.15, 0.2) is 0 Å². The van der Waals surface area contributed by atoms with Crippen LogP contribution in [0.1, 0.15) is 59.3 Å². The molecule has 0 aromatic carbocycles. The average Bonchev–Trinajstić information content (AvgIpc) is 2.26. The van der Waals surface area contributed by atoms with Crippen LogP contribution in [0.25, 0.3) is 0 Å². The Labute approximate surface area is 99.0 Å². The Morgan fingerprint density at radius 1 is 1.27 bits per heavy atom. The summed E-state index contributed by atoms with van der Waals surface area (Å²) in [6.45, 7) is 6.54. The Kier molecular flexibility index (Phi) is 5.48. The van der Waals surface area contributed by atoms with Crippen molar-refractivity contribution in [3.63, 3.8) is 0 Å². The van der Waals surface area contributed by atoms with Gasteiger partial charge in [-0.3, -0.25) is 0 Å². The van der Waals surface area contributed by atoms with Gasteiger partial charge in [0.05, 0.1) is 5.60 Å². The van der Waals surface area contributed by atoms with Gasteiger partial charge in [-0.15, -0.1) is 0 Å². The molecule has 15 heavy (non-hydrogen) atoms. The highest BCUT2D eigenvalue weighted by Crippen LogP contribution is 2.34. The van der Waals surface area contributed by atoms with Crippen LogP contribution in [0, 0.1) is 5.92 Å². The predicted octanol–water partition coefficient (Wildman–Crippen LogP) is 3.85. The van der Waals surface area contributed by atoms with Gasteiger partial charge in [0.15, 0.2) is 0 Å². The zero-order valence-corrected chi connectivity index (χ0v) is 11.3. The molecule has 1 nitrogen and oxygen atoms in total.